The van der Waals surface area contributed by atoms with Crippen LogP contribution in [0.25, 0.3) is 5.69 Å². The Morgan fingerprint density at radius 3 is 2.56 bits per heavy atom. The van der Waals surface area contributed by atoms with Crippen LogP contribution in [0.15, 0.2) is 27.4 Å². The Morgan fingerprint density at radius 1 is 1.39 bits per heavy atom. The summed E-state index contributed by atoms with van der Waals surface area (Å²) in [5, 5.41) is 4.01. The molecule has 0 fully saturated rings. The van der Waals surface area contributed by atoms with Crippen LogP contribution in [0.5, 0.6) is 0 Å². The summed E-state index contributed by atoms with van der Waals surface area (Å²) in [7, 11) is 0. The van der Waals surface area contributed by atoms with E-state index in [0.29, 0.717) is 11.6 Å². The minimum Gasteiger partial charge on any atom is -0.391 e. The number of benzene rings is 1. The lowest BCUT2D eigenvalue weighted by molar-refractivity contribution is 0.375. The molecule has 0 spiro atoms. The summed E-state index contributed by atoms with van der Waals surface area (Å²) in [5.74, 6) is -0.858. The molecular weight excluding hydrogens is 259 g/mol. The summed E-state index contributed by atoms with van der Waals surface area (Å²) in [6.07, 6.45) is 0. The summed E-state index contributed by atoms with van der Waals surface area (Å²) in [6.45, 7) is 5.63. The first-order valence-corrected chi connectivity index (χ1v) is 5.73. The first-order valence-electron chi connectivity index (χ1n) is 5.35. The monoisotopic (exact) mass is 270 g/mol. The molecule has 2 rings (SSSR count). The predicted molar refractivity (Wildman–Crippen MR) is 65.8 cm³/mol. The quantitative estimate of drug-likeness (QED) is 0.800. The maximum absolute atomic E-state index is 13.0. The molecule has 0 saturated heterocycles. The molecule has 0 N–H and O–H groups in total. The van der Waals surface area contributed by atoms with Gasteiger partial charge in [0.2, 0.25) is 5.89 Å². The van der Waals surface area contributed by atoms with Crippen molar-refractivity contribution >= 4 is 11.6 Å². The van der Waals surface area contributed by atoms with Crippen molar-refractivity contribution < 1.29 is 8.81 Å². The molecule has 0 amide bonds. The van der Waals surface area contributed by atoms with Crippen LogP contribution in [-0.2, 0) is 5.41 Å². The van der Waals surface area contributed by atoms with Gasteiger partial charge in [0, 0.05) is 5.41 Å². The van der Waals surface area contributed by atoms with E-state index in [1.807, 2.05) is 20.8 Å². The SMILES string of the molecule is CC(C)(C)c1nn(-c2ccc(F)c(Cl)c2)c(=O)o1. The fraction of sp³-hybridized carbons (Fsp3) is 0.333. The minimum absolute atomic E-state index is 0.0697. The number of halogens is 2. The van der Waals surface area contributed by atoms with Gasteiger partial charge in [-0.1, -0.05) is 32.4 Å². The van der Waals surface area contributed by atoms with E-state index in [-0.39, 0.29) is 10.4 Å². The summed E-state index contributed by atoms with van der Waals surface area (Å²) in [6, 6.07) is 3.92. The Hall–Kier alpha value is -1.62. The molecule has 1 heterocycles. The Balaban J connectivity index is 2.55. The van der Waals surface area contributed by atoms with Gasteiger partial charge in [-0.05, 0) is 18.2 Å². The normalized spacial score (nSPS) is 11.8. The third kappa shape index (κ3) is 2.31. The van der Waals surface area contributed by atoms with Gasteiger partial charge in [-0.15, -0.1) is 5.10 Å². The summed E-state index contributed by atoms with van der Waals surface area (Å²) in [4.78, 5) is 11.7. The molecule has 0 aliphatic heterocycles. The minimum atomic E-state index is -0.623. The van der Waals surface area contributed by atoms with E-state index in [9.17, 15) is 9.18 Å². The lowest BCUT2D eigenvalue weighted by Gasteiger charge is -2.10. The molecule has 4 nitrogen and oxygen atoms in total. The third-order valence-electron chi connectivity index (χ3n) is 2.34. The average Bonchev–Trinajstić information content (AvgIpc) is 2.64. The zero-order valence-corrected chi connectivity index (χ0v) is 11.0. The molecule has 1 aromatic heterocycles. The smallest absolute Gasteiger partial charge is 0.391 e. The Labute approximate surface area is 108 Å². The van der Waals surface area contributed by atoms with E-state index in [0.717, 1.165) is 4.68 Å². The molecule has 6 heteroatoms. The lowest BCUT2D eigenvalue weighted by Crippen LogP contribution is -2.14. The highest BCUT2D eigenvalue weighted by Crippen LogP contribution is 2.21. The predicted octanol–water partition coefficient (Wildman–Crippen LogP) is 2.92. The van der Waals surface area contributed by atoms with E-state index in [1.165, 1.54) is 18.2 Å². The number of hydrogen-bond acceptors (Lipinski definition) is 3. The van der Waals surface area contributed by atoms with E-state index in [4.69, 9.17) is 16.0 Å². The number of aromatic nitrogens is 2. The fourth-order valence-electron chi connectivity index (χ4n) is 1.36. The molecular formula is C12H12ClFN2O2. The first kappa shape index (κ1) is 12.8. The highest BCUT2D eigenvalue weighted by atomic mass is 35.5. The molecule has 18 heavy (non-hydrogen) atoms. The second-order valence-electron chi connectivity index (χ2n) is 4.93. The summed E-state index contributed by atoms with van der Waals surface area (Å²) in [5.41, 5.74) is -0.0144. The van der Waals surface area contributed by atoms with Gasteiger partial charge in [0.05, 0.1) is 10.7 Å². The molecule has 0 saturated carbocycles. The van der Waals surface area contributed by atoms with Crippen LogP contribution in [0.2, 0.25) is 5.02 Å². The molecule has 1 aromatic carbocycles. The zero-order valence-electron chi connectivity index (χ0n) is 10.2. The van der Waals surface area contributed by atoms with Crippen molar-refractivity contribution in [1.82, 2.24) is 9.78 Å². The molecule has 0 bridgehead atoms. The van der Waals surface area contributed by atoms with E-state index >= 15 is 0 Å². The van der Waals surface area contributed by atoms with Gasteiger partial charge in [-0.25, -0.2) is 9.18 Å². The second kappa shape index (κ2) is 4.24. The van der Waals surface area contributed by atoms with Crippen LogP contribution in [0.1, 0.15) is 26.7 Å². The van der Waals surface area contributed by atoms with E-state index in [1.54, 1.807) is 0 Å². The van der Waals surface area contributed by atoms with Gasteiger partial charge < -0.3 is 4.42 Å². The molecule has 0 aliphatic carbocycles. The molecule has 0 unspecified atom stereocenters. The zero-order chi connectivity index (χ0) is 13.5. The lowest BCUT2D eigenvalue weighted by atomic mass is 9.97. The van der Waals surface area contributed by atoms with E-state index in [2.05, 4.69) is 5.10 Å². The van der Waals surface area contributed by atoms with Gasteiger partial charge in [0.25, 0.3) is 0 Å². The molecule has 2 aromatic rings. The molecule has 0 aliphatic rings. The summed E-state index contributed by atoms with van der Waals surface area (Å²) < 4.78 is 19.2. The molecule has 0 radical (unpaired) electrons. The second-order valence-corrected chi connectivity index (χ2v) is 5.34. The third-order valence-corrected chi connectivity index (χ3v) is 2.63. The first-order chi connectivity index (χ1) is 8.29. The van der Waals surface area contributed by atoms with Gasteiger partial charge in [-0.2, -0.15) is 4.68 Å². The highest BCUT2D eigenvalue weighted by Gasteiger charge is 2.23. The van der Waals surface area contributed by atoms with Crippen LogP contribution >= 0.6 is 11.6 Å². The largest absolute Gasteiger partial charge is 0.441 e. The average molecular weight is 271 g/mol. The van der Waals surface area contributed by atoms with Crippen molar-refractivity contribution in [2.45, 2.75) is 26.2 Å². The van der Waals surface area contributed by atoms with Gasteiger partial charge in [-0.3, -0.25) is 0 Å². The van der Waals surface area contributed by atoms with Crippen molar-refractivity contribution in [2.75, 3.05) is 0 Å². The Bertz CT molecular complexity index is 640. The van der Waals surface area contributed by atoms with Crippen LogP contribution in [0.3, 0.4) is 0 Å². The van der Waals surface area contributed by atoms with Crippen molar-refractivity contribution in [1.29, 1.82) is 0 Å². The van der Waals surface area contributed by atoms with Crippen molar-refractivity contribution in [3.8, 4) is 5.69 Å². The Kier molecular flexibility index (Phi) is 3.02. The maximum Gasteiger partial charge on any atom is 0.441 e. The number of rotatable bonds is 1. The fourth-order valence-corrected chi connectivity index (χ4v) is 1.54. The van der Waals surface area contributed by atoms with Crippen LogP contribution < -0.4 is 5.76 Å². The van der Waals surface area contributed by atoms with Crippen molar-refractivity contribution in [2.24, 2.45) is 0 Å². The maximum atomic E-state index is 13.0. The topological polar surface area (TPSA) is 48.0 Å². The number of nitrogens with zero attached hydrogens (tertiary/aromatic N) is 2. The standard InChI is InChI=1S/C12H12ClFN2O2/c1-12(2,3)10-15-16(11(17)18-10)7-4-5-9(14)8(13)6-7/h4-6H,1-3H3. The molecule has 0 atom stereocenters. The van der Waals surface area contributed by atoms with Gasteiger partial charge in [0.15, 0.2) is 0 Å². The van der Waals surface area contributed by atoms with Crippen LogP contribution in [-0.4, -0.2) is 9.78 Å². The van der Waals surface area contributed by atoms with Crippen molar-refractivity contribution in [3.63, 3.8) is 0 Å². The van der Waals surface area contributed by atoms with Crippen molar-refractivity contribution in [3.05, 3.63) is 45.5 Å². The van der Waals surface area contributed by atoms with Gasteiger partial charge in [0.1, 0.15) is 5.82 Å². The van der Waals surface area contributed by atoms with Crippen LogP contribution in [0.4, 0.5) is 4.39 Å². The van der Waals surface area contributed by atoms with Crippen LogP contribution in [0, 0.1) is 5.82 Å². The number of hydrogen-bond donors (Lipinski definition) is 0. The molecule has 96 valence electrons. The van der Waals surface area contributed by atoms with E-state index < -0.39 is 11.6 Å². The summed E-state index contributed by atoms with van der Waals surface area (Å²) >= 11 is 5.66. The Morgan fingerprint density at radius 2 is 2.06 bits per heavy atom. The van der Waals surface area contributed by atoms with Gasteiger partial charge >= 0.3 is 5.76 Å². The highest BCUT2D eigenvalue weighted by molar-refractivity contribution is 6.30.